The van der Waals surface area contributed by atoms with Crippen LogP contribution in [0.2, 0.25) is 0 Å². The zero-order valence-electron chi connectivity index (χ0n) is 13.1. The fourth-order valence-corrected chi connectivity index (χ4v) is 3.13. The van der Waals surface area contributed by atoms with Gasteiger partial charge in [-0.15, -0.1) is 0 Å². The van der Waals surface area contributed by atoms with Gasteiger partial charge in [-0.05, 0) is 45.5 Å². The molecule has 0 bridgehead atoms. The molecule has 2 atom stereocenters. The number of methoxy groups -OCH3 is 1. The van der Waals surface area contributed by atoms with Gasteiger partial charge in [-0.3, -0.25) is 0 Å². The second-order valence-corrected chi connectivity index (χ2v) is 5.85. The maximum atomic E-state index is 6.17. The lowest BCUT2D eigenvalue weighted by atomic mass is 10.00. The van der Waals surface area contributed by atoms with Crippen LogP contribution in [0.3, 0.4) is 0 Å². The van der Waals surface area contributed by atoms with Gasteiger partial charge in [0.05, 0.1) is 7.11 Å². The topological polar surface area (TPSA) is 41.7 Å². The maximum Gasteiger partial charge on any atom is 0.125 e. The number of benzene rings is 1. The van der Waals surface area contributed by atoms with Crippen LogP contribution in [0.5, 0.6) is 5.75 Å². The van der Waals surface area contributed by atoms with Gasteiger partial charge in [-0.1, -0.05) is 6.07 Å². The molecule has 0 aromatic heterocycles. The molecule has 1 heterocycles. The first-order valence-electron chi connectivity index (χ1n) is 7.38. The molecular weight excluding hydrogens is 250 g/mol. The largest absolute Gasteiger partial charge is 0.496 e. The Balaban J connectivity index is 2.31. The number of ether oxygens (including phenoxy) is 1. The van der Waals surface area contributed by atoms with Crippen molar-refractivity contribution in [2.24, 2.45) is 5.73 Å². The zero-order chi connectivity index (χ0) is 14.7. The molecule has 1 unspecified atom stereocenters. The lowest BCUT2D eigenvalue weighted by molar-refractivity contribution is 0.247. The number of nitrogens with two attached hydrogens (primary N) is 1. The van der Waals surface area contributed by atoms with Gasteiger partial charge in [0, 0.05) is 36.9 Å². The second kappa shape index (κ2) is 6.46. The molecule has 1 aromatic carbocycles. The molecule has 1 aliphatic heterocycles. The van der Waals surface area contributed by atoms with Crippen LogP contribution in [0.25, 0.3) is 0 Å². The summed E-state index contributed by atoms with van der Waals surface area (Å²) in [6, 6.07) is 6.69. The third-order valence-corrected chi connectivity index (χ3v) is 4.25. The van der Waals surface area contributed by atoms with Gasteiger partial charge in [-0.2, -0.15) is 0 Å². The van der Waals surface area contributed by atoms with E-state index in [2.05, 4.69) is 30.0 Å². The normalized spacial score (nSPS) is 21.6. The Bertz CT molecular complexity index is 447. The van der Waals surface area contributed by atoms with Crippen molar-refractivity contribution in [2.45, 2.75) is 31.8 Å². The molecule has 4 nitrogen and oxygen atoms in total. The maximum absolute atomic E-state index is 6.17. The first-order valence-corrected chi connectivity index (χ1v) is 7.38. The van der Waals surface area contributed by atoms with E-state index in [4.69, 9.17) is 10.5 Å². The van der Waals surface area contributed by atoms with Crippen LogP contribution >= 0.6 is 0 Å². The standard InChI is InChI=1S/C16H27N3O/c1-12(17)16-14(8-5-9-15(16)20-4)19(3)13-7-6-10-18(2)11-13/h5,8-9,12-13H,6-7,10-11,17H2,1-4H3/t12-,13?/m0/s1. The van der Waals surface area contributed by atoms with Gasteiger partial charge in [-0.25, -0.2) is 0 Å². The molecule has 1 aliphatic rings. The average Bonchev–Trinajstić information content (AvgIpc) is 2.45. The van der Waals surface area contributed by atoms with Gasteiger partial charge < -0.3 is 20.3 Å². The summed E-state index contributed by atoms with van der Waals surface area (Å²) in [5.41, 5.74) is 8.47. The van der Waals surface area contributed by atoms with Crippen molar-refractivity contribution in [3.63, 3.8) is 0 Å². The third-order valence-electron chi connectivity index (χ3n) is 4.25. The fraction of sp³-hybridized carbons (Fsp3) is 0.625. The van der Waals surface area contributed by atoms with Crippen LogP contribution in [0.15, 0.2) is 18.2 Å². The quantitative estimate of drug-likeness (QED) is 0.916. The lowest BCUT2D eigenvalue weighted by Crippen LogP contribution is -2.45. The minimum absolute atomic E-state index is 0.0371. The van der Waals surface area contributed by atoms with E-state index < -0.39 is 0 Å². The Morgan fingerprint density at radius 1 is 1.45 bits per heavy atom. The number of piperidine rings is 1. The Morgan fingerprint density at radius 2 is 2.20 bits per heavy atom. The summed E-state index contributed by atoms with van der Waals surface area (Å²) in [4.78, 5) is 4.77. The first-order chi connectivity index (χ1) is 9.54. The van der Waals surface area contributed by atoms with Crippen LogP contribution in [0, 0.1) is 0 Å². The van der Waals surface area contributed by atoms with Crippen LogP contribution in [0.1, 0.15) is 31.4 Å². The van der Waals surface area contributed by atoms with Gasteiger partial charge in [0.25, 0.3) is 0 Å². The monoisotopic (exact) mass is 277 g/mol. The Hall–Kier alpha value is -1.26. The van der Waals surface area contributed by atoms with Crippen LogP contribution in [-0.4, -0.2) is 45.2 Å². The highest BCUT2D eigenvalue weighted by molar-refractivity contribution is 5.61. The second-order valence-electron chi connectivity index (χ2n) is 5.85. The molecule has 0 radical (unpaired) electrons. The summed E-state index contributed by atoms with van der Waals surface area (Å²) in [5.74, 6) is 0.883. The van der Waals surface area contributed by atoms with Crippen molar-refractivity contribution >= 4 is 5.69 Å². The Labute approximate surface area is 122 Å². The first kappa shape index (κ1) is 15.1. The van der Waals surface area contributed by atoms with Gasteiger partial charge >= 0.3 is 0 Å². The molecule has 2 rings (SSSR count). The molecule has 20 heavy (non-hydrogen) atoms. The smallest absolute Gasteiger partial charge is 0.125 e. The highest BCUT2D eigenvalue weighted by Crippen LogP contribution is 2.34. The van der Waals surface area contributed by atoms with E-state index in [9.17, 15) is 0 Å². The van der Waals surface area contributed by atoms with E-state index in [1.54, 1.807) is 7.11 Å². The Kier molecular flexibility index (Phi) is 4.89. The van der Waals surface area contributed by atoms with Crippen molar-refractivity contribution in [3.8, 4) is 5.75 Å². The van der Waals surface area contributed by atoms with Crippen molar-refractivity contribution in [1.82, 2.24) is 4.90 Å². The number of nitrogens with zero attached hydrogens (tertiary/aromatic N) is 2. The van der Waals surface area contributed by atoms with Gasteiger partial charge in [0.2, 0.25) is 0 Å². The number of likely N-dealkylation sites (N-methyl/N-ethyl adjacent to an activating group) is 2. The number of hydrogen-bond donors (Lipinski definition) is 1. The molecule has 0 spiro atoms. The summed E-state index contributed by atoms with van der Waals surface area (Å²) < 4.78 is 5.49. The summed E-state index contributed by atoms with van der Waals surface area (Å²) in [6.07, 6.45) is 2.49. The molecule has 1 saturated heterocycles. The average molecular weight is 277 g/mol. The molecule has 0 saturated carbocycles. The summed E-state index contributed by atoms with van der Waals surface area (Å²) >= 11 is 0. The van der Waals surface area contributed by atoms with Crippen LogP contribution < -0.4 is 15.4 Å². The summed E-state index contributed by atoms with van der Waals surface area (Å²) in [5, 5.41) is 0. The molecular formula is C16H27N3O. The van der Waals surface area contributed by atoms with Gasteiger partial charge in [0.15, 0.2) is 0 Å². The van der Waals surface area contributed by atoms with E-state index in [0.717, 1.165) is 17.9 Å². The summed E-state index contributed by atoms with van der Waals surface area (Å²) in [7, 11) is 6.07. The molecule has 112 valence electrons. The molecule has 0 aliphatic carbocycles. The Morgan fingerprint density at radius 3 is 2.80 bits per heavy atom. The van der Waals surface area contributed by atoms with E-state index in [0.29, 0.717) is 6.04 Å². The predicted octanol–water partition coefficient (Wildman–Crippen LogP) is 2.25. The summed E-state index contributed by atoms with van der Waals surface area (Å²) in [6.45, 7) is 4.32. The van der Waals surface area contributed by atoms with E-state index in [1.807, 2.05) is 19.1 Å². The third kappa shape index (κ3) is 3.07. The van der Waals surface area contributed by atoms with Crippen molar-refractivity contribution in [3.05, 3.63) is 23.8 Å². The highest BCUT2D eigenvalue weighted by Gasteiger charge is 2.24. The number of anilines is 1. The van der Waals surface area contributed by atoms with Crippen molar-refractivity contribution < 1.29 is 4.74 Å². The lowest BCUT2D eigenvalue weighted by Gasteiger charge is -2.38. The van der Waals surface area contributed by atoms with Crippen LogP contribution in [0.4, 0.5) is 5.69 Å². The van der Waals surface area contributed by atoms with E-state index >= 15 is 0 Å². The molecule has 1 aromatic rings. The number of rotatable bonds is 4. The van der Waals surface area contributed by atoms with E-state index in [1.165, 1.54) is 25.1 Å². The zero-order valence-corrected chi connectivity index (χ0v) is 13.1. The van der Waals surface area contributed by atoms with Gasteiger partial charge in [0.1, 0.15) is 5.75 Å². The molecule has 1 fully saturated rings. The number of hydrogen-bond acceptors (Lipinski definition) is 4. The van der Waals surface area contributed by atoms with E-state index in [-0.39, 0.29) is 6.04 Å². The fourth-order valence-electron chi connectivity index (χ4n) is 3.13. The highest BCUT2D eigenvalue weighted by atomic mass is 16.5. The molecule has 4 heteroatoms. The minimum Gasteiger partial charge on any atom is -0.496 e. The SMILES string of the molecule is COc1cccc(N(C)C2CCCN(C)C2)c1[C@H](C)N. The molecule has 0 amide bonds. The van der Waals surface area contributed by atoms with Crippen molar-refractivity contribution in [1.29, 1.82) is 0 Å². The number of likely N-dealkylation sites (tertiary alicyclic amines) is 1. The minimum atomic E-state index is -0.0371. The van der Waals surface area contributed by atoms with Crippen LogP contribution in [-0.2, 0) is 0 Å². The predicted molar refractivity (Wildman–Crippen MR) is 84.5 cm³/mol. The molecule has 2 N–H and O–H groups in total. The van der Waals surface area contributed by atoms with Crippen molar-refractivity contribution in [2.75, 3.05) is 39.2 Å².